The fraction of sp³-hybridized carbons (Fsp3) is 0.333. The summed E-state index contributed by atoms with van der Waals surface area (Å²) >= 11 is 0. The van der Waals surface area contributed by atoms with Gasteiger partial charge < -0.3 is 25.3 Å². The third-order valence-corrected chi connectivity index (χ3v) is 4.15. The van der Waals surface area contributed by atoms with Gasteiger partial charge in [-0.25, -0.2) is 4.99 Å². The van der Waals surface area contributed by atoms with Gasteiger partial charge in [0.15, 0.2) is 5.84 Å². The zero-order chi connectivity index (χ0) is 17.7. The minimum Gasteiger partial charge on any atom is -0.390 e. The summed E-state index contributed by atoms with van der Waals surface area (Å²) < 4.78 is 11.5. The quantitative estimate of drug-likeness (QED) is 0.473. The summed E-state index contributed by atoms with van der Waals surface area (Å²) in [6.45, 7) is 0.929. The lowest BCUT2D eigenvalue weighted by molar-refractivity contribution is -0.210. The lowest BCUT2D eigenvalue weighted by Crippen LogP contribution is -2.28. The molecule has 1 fully saturated rings. The molecule has 0 saturated carbocycles. The van der Waals surface area contributed by atoms with Crippen LogP contribution in [0.25, 0.3) is 0 Å². The monoisotopic (exact) mass is 342 g/mol. The SMILES string of the molecule is N=C(N=CN)c1ccc(C2(O)CCC(COCc3ccccc3)O2)[nH]1. The van der Waals surface area contributed by atoms with Crippen molar-refractivity contribution in [1.29, 1.82) is 5.41 Å². The molecule has 5 N–H and O–H groups in total. The maximum atomic E-state index is 10.7. The van der Waals surface area contributed by atoms with Crippen molar-refractivity contribution in [2.75, 3.05) is 6.61 Å². The second-order valence-corrected chi connectivity index (χ2v) is 5.98. The van der Waals surface area contributed by atoms with Crippen molar-refractivity contribution >= 4 is 12.2 Å². The number of ether oxygens (including phenoxy) is 2. The highest BCUT2D eigenvalue weighted by molar-refractivity contribution is 5.99. The molecule has 25 heavy (non-hydrogen) atoms. The molecule has 3 rings (SSSR count). The molecule has 1 aromatic heterocycles. The maximum Gasteiger partial charge on any atom is 0.208 e. The number of rotatable bonds is 6. The molecule has 2 atom stereocenters. The topological polar surface area (TPSA) is 117 Å². The number of hydrogen-bond donors (Lipinski definition) is 4. The molecule has 132 valence electrons. The fourth-order valence-electron chi connectivity index (χ4n) is 2.85. The number of nitrogens with zero attached hydrogens (tertiary/aromatic N) is 1. The summed E-state index contributed by atoms with van der Waals surface area (Å²) in [5.74, 6) is -1.40. The summed E-state index contributed by atoms with van der Waals surface area (Å²) in [5.41, 5.74) is 7.27. The van der Waals surface area contributed by atoms with Crippen LogP contribution in [0, 0.1) is 5.41 Å². The van der Waals surface area contributed by atoms with Crippen LogP contribution in [0.1, 0.15) is 29.8 Å². The van der Waals surface area contributed by atoms with E-state index in [-0.39, 0.29) is 11.9 Å². The Morgan fingerprint density at radius 2 is 2.20 bits per heavy atom. The van der Waals surface area contributed by atoms with Gasteiger partial charge in [0.25, 0.3) is 0 Å². The number of aromatic nitrogens is 1. The predicted molar refractivity (Wildman–Crippen MR) is 94.4 cm³/mol. The molecule has 2 unspecified atom stereocenters. The van der Waals surface area contributed by atoms with Crippen molar-refractivity contribution in [3.05, 3.63) is 59.4 Å². The Morgan fingerprint density at radius 3 is 2.96 bits per heavy atom. The summed E-state index contributed by atoms with van der Waals surface area (Å²) in [4.78, 5) is 6.68. The zero-order valence-electron chi connectivity index (χ0n) is 13.8. The van der Waals surface area contributed by atoms with Crippen molar-refractivity contribution in [3.63, 3.8) is 0 Å². The lowest BCUT2D eigenvalue weighted by atomic mass is 10.1. The third kappa shape index (κ3) is 4.14. The first-order valence-electron chi connectivity index (χ1n) is 8.15. The van der Waals surface area contributed by atoms with E-state index in [4.69, 9.17) is 20.6 Å². The molecule has 1 aliphatic heterocycles. The summed E-state index contributed by atoms with van der Waals surface area (Å²) in [6, 6.07) is 13.3. The highest BCUT2D eigenvalue weighted by Crippen LogP contribution is 2.36. The molecule has 7 nitrogen and oxygen atoms in total. The van der Waals surface area contributed by atoms with Crippen LogP contribution in [0.4, 0.5) is 0 Å². The molecule has 2 aromatic rings. The number of nitrogens with one attached hydrogen (secondary N) is 2. The minimum absolute atomic E-state index is 0.00177. The van der Waals surface area contributed by atoms with Gasteiger partial charge in [-0.05, 0) is 24.1 Å². The van der Waals surface area contributed by atoms with Crippen LogP contribution in [-0.4, -0.2) is 35.0 Å². The third-order valence-electron chi connectivity index (χ3n) is 4.15. The van der Waals surface area contributed by atoms with E-state index in [0.29, 0.717) is 37.4 Å². The van der Waals surface area contributed by atoms with E-state index in [0.717, 1.165) is 11.9 Å². The van der Waals surface area contributed by atoms with Gasteiger partial charge in [0.2, 0.25) is 5.79 Å². The van der Waals surface area contributed by atoms with E-state index in [1.807, 2.05) is 30.3 Å². The van der Waals surface area contributed by atoms with Gasteiger partial charge in [-0.15, -0.1) is 0 Å². The van der Waals surface area contributed by atoms with Crippen molar-refractivity contribution in [2.45, 2.75) is 31.3 Å². The highest BCUT2D eigenvalue weighted by atomic mass is 16.6. The van der Waals surface area contributed by atoms with E-state index in [9.17, 15) is 5.11 Å². The Hall–Kier alpha value is -2.48. The van der Waals surface area contributed by atoms with Crippen LogP contribution in [-0.2, 0) is 21.9 Å². The number of aliphatic imine (C=N–C) groups is 1. The van der Waals surface area contributed by atoms with E-state index >= 15 is 0 Å². The Balaban J connectivity index is 1.55. The lowest BCUT2D eigenvalue weighted by Gasteiger charge is -2.22. The first-order chi connectivity index (χ1) is 12.1. The van der Waals surface area contributed by atoms with Gasteiger partial charge in [-0.2, -0.15) is 0 Å². The number of aliphatic hydroxyl groups is 1. The molecule has 7 heteroatoms. The Labute approximate surface area is 146 Å². The van der Waals surface area contributed by atoms with Crippen LogP contribution in [0.2, 0.25) is 0 Å². The van der Waals surface area contributed by atoms with E-state index in [1.54, 1.807) is 12.1 Å². The average Bonchev–Trinajstić information content (AvgIpc) is 3.25. The molecule has 1 aliphatic rings. The largest absolute Gasteiger partial charge is 0.390 e. The summed E-state index contributed by atoms with van der Waals surface area (Å²) in [7, 11) is 0. The Bertz CT molecular complexity index is 744. The van der Waals surface area contributed by atoms with Crippen molar-refractivity contribution in [2.24, 2.45) is 10.7 Å². The van der Waals surface area contributed by atoms with Gasteiger partial charge >= 0.3 is 0 Å². The first kappa shape index (κ1) is 17.3. The van der Waals surface area contributed by atoms with Gasteiger partial charge in [-0.1, -0.05) is 30.3 Å². The number of hydrogen-bond acceptors (Lipinski definition) is 4. The van der Waals surface area contributed by atoms with Crippen molar-refractivity contribution in [3.8, 4) is 0 Å². The van der Waals surface area contributed by atoms with Crippen LogP contribution in [0.3, 0.4) is 0 Å². The van der Waals surface area contributed by atoms with Crippen LogP contribution in [0.15, 0.2) is 47.5 Å². The van der Waals surface area contributed by atoms with Gasteiger partial charge in [0.05, 0.1) is 37.0 Å². The number of benzene rings is 1. The number of H-pyrrole nitrogens is 1. The fourth-order valence-corrected chi connectivity index (χ4v) is 2.85. The van der Waals surface area contributed by atoms with Crippen LogP contribution in [0.5, 0.6) is 0 Å². The number of nitrogens with two attached hydrogens (primary N) is 1. The molecular weight excluding hydrogens is 320 g/mol. The molecule has 0 bridgehead atoms. The zero-order valence-corrected chi connectivity index (χ0v) is 13.8. The molecule has 1 aromatic carbocycles. The molecule has 0 spiro atoms. The molecule has 0 radical (unpaired) electrons. The standard InChI is InChI=1S/C18H22N4O3/c19-12-21-17(20)15-6-7-16(22-15)18(23)9-8-14(25-18)11-24-10-13-4-2-1-3-5-13/h1-7,12,14,22-23H,8-11H2,(H3,19,20,21). The van der Waals surface area contributed by atoms with Gasteiger partial charge in [0, 0.05) is 6.42 Å². The second-order valence-electron chi connectivity index (χ2n) is 5.98. The van der Waals surface area contributed by atoms with E-state index < -0.39 is 5.79 Å². The first-order valence-corrected chi connectivity index (χ1v) is 8.15. The van der Waals surface area contributed by atoms with Gasteiger partial charge in [0.1, 0.15) is 0 Å². The van der Waals surface area contributed by atoms with E-state index in [2.05, 4.69) is 9.98 Å². The van der Waals surface area contributed by atoms with Crippen LogP contribution >= 0.6 is 0 Å². The molecular formula is C18H22N4O3. The normalized spacial score (nSPS) is 23.3. The Morgan fingerprint density at radius 1 is 1.40 bits per heavy atom. The molecule has 0 aliphatic carbocycles. The van der Waals surface area contributed by atoms with Crippen molar-refractivity contribution < 1.29 is 14.6 Å². The molecule has 2 heterocycles. The minimum atomic E-state index is -1.40. The smallest absolute Gasteiger partial charge is 0.208 e. The van der Waals surface area contributed by atoms with Gasteiger partial charge in [-0.3, -0.25) is 5.41 Å². The number of aromatic amines is 1. The summed E-state index contributed by atoms with van der Waals surface area (Å²) in [5, 5.41) is 18.5. The molecule has 1 saturated heterocycles. The van der Waals surface area contributed by atoms with Crippen LogP contribution < -0.4 is 5.73 Å². The summed E-state index contributed by atoms with van der Waals surface area (Å²) in [6.07, 6.45) is 2.03. The highest BCUT2D eigenvalue weighted by Gasteiger charge is 2.41. The maximum absolute atomic E-state index is 10.7. The molecule has 0 amide bonds. The second kappa shape index (κ2) is 7.60. The average molecular weight is 342 g/mol. The number of amidine groups is 1. The predicted octanol–water partition coefficient (Wildman–Crippen LogP) is 1.87. The van der Waals surface area contributed by atoms with E-state index in [1.165, 1.54) is 0 Å². The van der Waals surface area contributed by atoms with Crippen molar-refractivity contribution in [1.82, 2.24) is 4.98 Å². The Kier molecular flexibility index (Phi) is 5.28.